The molecule has 3 heterocycles. The van der Waals surface area contributed by atoms with Crippen LogP contribution in [0, 0.1) is 6.92 Å². The lowest BCUT2D eigenvalue weighted by Gasteiger charge is -2.23. The van der Waals surface area contributed by atoms with Crippen LogP contribution in [0.2, 0.25) is 0 Å². The summed E-state index contributed by atoms with van der Waals surface area (Å²) in [4.78, 5) is 23.8. The summed E-state index contributed by atoms with van der Waals surface area (Å²) in [6, 6.07) is 0. The normalized spacial score (nSPS) is 16.8. The number of anilines is 1. The van der Waals surface area contributed by atoms with E-state index in [4.69, 9.17) is 4.74 Å². The summed E-state index contributed by atoms with van der Waals surface area (Å²) >= 11 is 0. The van der Waals surface area contributed by atoms with Crippen molar-refractivity contribution in [3.8, 4) is 0 Å². The molecule has 1 aliphatic rings. The van der Waals surface area contributed by atoms with Crippen molar-refractivity contribution in [1.29, 1.82) is 0 Å². The number of esters is 1. The Kier molecular flexibility index (Phi) is 3.89. The van der Waals surface area contributed by atoms with Crippen molar-refractivity contribution in [2.45, 2.75) is 32.7 Å². The average Bonchev–Trinajstić information content (AvgIpc) is 3.03. The number of fused-ring (bicyclic) bond motifs is 1. The number of carbonyl (C=O) groups excluding carboxylic acids is 2. The molecule has 1 amide bonds. The van der Waals surface area contributed by atoms with E-state index in [9.17, 15) is 9.59 Å². The first-order chi connectivity index (χ1) is 11.0. The maximum absolute atomic E-state index is 12.1. The third-order valence-electron chi connectivity index (χ3n) is 3.88. The van der Waals surface area contributed by atoms with E-state index in [1.165, 1.54) is 4.68 Å². The first-order valence-electron chi connectivity index (χ1n) is 7.51. The minimum absolute atomic E-state index is 0.0238. The molecule has 1 aliphatic heterocycles. The number of nitrogens with zero attached hydrogens (tertiary/aromatic N) is 4. The number of ether oxygens (including phenoxy) is 1. The maximum Gasteiger partial charge on any atom is 0.327 e. The molecule has 8 heteroatoms. The van der Waals surface area contributed by atoms with Gasteiger partial charge < -0.3 is 10.1 Å². The highest BCUT2D eigenvalue weighted by Gasteiger charge is 2.33. The van der Waals surface area contributed by atoms with Crippen molar-refractivity contribution in [2.24, 2.45) is 7.05 Å². The molecule has 0 fully saturated rings. The van der Waals surface area contributed by atoms with Crippen molar-refractivity contribution < 1.29 is 14.3 Å². The van der Waals surface area contributed by atoms with Crippen molar-refractivity contribution in [3.63, 3.8) is 0 Å². The minimum Gasteiger partial charge on any atom is -0.465 e. The predicted molar refractivity (Wildman–Crippen MR) is 81.9 cm³/mol. The van der Waals surface area contributed by atoms with Crippen LogP contribution in [0.1, 0.15) is 36.1 Å². The molecule has 1 N–H and O–H groups in total. The fraction of sp³-hybridized carbons (Fsp3) is 0.467. The largest absolute Gasteiger partial charge is 0.465 e. The molecule has 1 unspecified atom stereocenters. The summed E-state index contributed by atoms with van der Waals surface area (Å²) in [5.74, 6) is -0.0176. The molecular formula is C15H19N5O3. The second-order valence-corrected chi connectivity index (χ2v) is 5.56. The van der Waals surface area contributed by atoms with Crippen molar-refractivity contribution >= 4 is 17.7 Å². The Morgan fingerprint density at radius 2 is 2.30 bits per heavy atom. The summed E-state index contributed by atoms with van der Waals surface area (Å²) in [5, 5.41) is 11.4. The van der Waals surface area contributed by atoms with Gasteiger partial charge in [-0.2, -0.15) is 10.2 Å². The lowest BCUT2D eigenvalue weighted by atomic mass is 9.87. The Bertz CT molecular complexity index is 761. The van der Waals surface area contributed by atoms with E-state index in [0.717, 1.165) is 16.8 Å². The number of aryl methyl sites for hydroxylation is 2. The number of hydrogen-bond acceptors (Lipinski definition) is 5. The summed E-state index contributed by atoms with van der Waals surface area (Å²) in [5.41, 5.74) is 2.68. The zero-order valence-corrected chi connectivity index (χ0v) is 13.4. The third kappa shape index (κ3) is 2.84. The molecule has 8 nitrogen and oxygen atoms in total. The van der Waals surface area contributed by atoms with Crippen LogP contribution in [0.15, 0.2) is 12.4 Å². The van der Waals surface area contributed by atoms with Gasteiger partial charge in [0, 0.05) is 31.1 Å². The first-order valence-corrected chi connectivity index (χ1v) is 7.51. The molecule has 23 heavy (non-hydrogen) atoms. The van der Waals surface area contributed by atoms with E-state index < -0.39 is 0 Å². The molecule has 2 aromatic rings. The van der Waals surface area contributed by atoms with Crippen LogP contribution in [0.3, 0.4) is 0 Å². The van der Waals surface area contributed by atoms with Crippen LogP contribution in [-0.4, -0.2) is 38.0 Å². The topological polar surface area (TPSA) is 91.0 Å². The zero-order chi connectivity index (χ0) is 16.6. The van der Waals surface area contributed by atoms with Gasteiger partial charge in [-0.1, -0.05) is 0 Å². The number of rotatable bonds is 4. The molecule has 0 radical (unpaired) electrons. The zero-order valence-electron chi connectivity index (χ0n) is 13.4. The lowest BCUT2D eigenvalue weighted by molar-refractivity contribution is -0.144. The van der Waals surface area contributed by atoms with Crippen LogP contribution in [0.5, 0.6) is 0 Å². The second kappa shape index (κ2) is 5.86. The van der Waals surface area contributed by atoms with E-state index >= 15 is 0 Å². The predicted octanol–water partition coefficient (Wildman–Crippen LogP) is 0.962. The number of aromatic nitrogens is 4. The standard InChI is InChI=1S/C15H19N5O3/c1-4-23-13(22)8-20-15-14(9(2)18-20)11(5-12(21)17-15)10-6-16-19(3)7-10/h6-7,11H,4-5,8H2,1-3H3,(H,17,21). The Morgan fingerprint density at radius 3 is 2.96 bits per heavy atom. The molecule has 122 valence electrons. The number of amides is 1. The van der Waals surface area contributed by atoms with Gasteiger partial charge in [0.15, 0.2) is 0 Å². The number of nitrogens with one attached hydrogen (secondary N) is 1. The molecule has 3 rings (SSSR count). The Balaban J connectivity index is 2.00. The van der Waals surface area contributed by atoms with Crippen molar-refractivity contribution in [1.82, 2.24) is 19.6 Å². The highest BCUT2D eigenvalue weighted by atomic mass is 16.5. The monoisotopic (exact) mass is 317 g/mol. The molecule has 0 aliphatic carbocycles. The Morgan fingerprint density at radius 1 is 1.52 bits per heavy atom. The minimum atomic E-state index is -0.379. The maximum atomic E-state index is 12.1. The molecule has 1 atom stereocenters. The lowest BCUT2D eigenvalue weighted by Crippen LogP contribution is -2.26. The Labute approximate surface area is 133 Å². The van der Waals surface area contributed by atoms with Crippen molar-refractivity contribution in [3.05, 3.63) is 29.2 Å². The van der Waals surface area contributed by atoms with E-state index in [-0.39, 0.29) is 24.3 Å². The van der Waals surface area contributed by atoms with Gasteiger partial charge in [0.25, 0.3) is 0 Å². The molecule has 0 spiro atoms. The summed E-state index contributed by atoms with van der Waals surface area (Å²) in [6.45, 7) is 3.92. The average molecular weight is 317 g/mol. The number of hydrogen-bond donors (Lipinski definition) is 1. The summed E-state index contributed by atoms with van der Waals surface area (Å²) in [6.07, 6.45) is 4.00. The molecular weight excluding hydrogens is 298 g/mol. The SMILES string of the molecule is CCOC(=O)Cn1nc(C)c2c1NC(=O)CC2c1cnn(C)c1. The van der Waals surface area contributed by atoms with Gasteiger partial charge in [0.05, 0.1) is 18.5 Å². The van der Waals surface area contributed by atoms with E-state index in [0.29, 0.717) is 18.8 Å². The van der Waals surface area contributed by atoms with Gasteiger partial charge in [0.1, 0.15) is 12.4 Å². The van der Waals surface area contributed by atoms with E-state index in [1.54, 1.807) is 17.8 Å². The quantitative estimate of drug-likeness (QED) is 0.848. The fourth-order valence-corrected chi connectivity index (χ4v) is 2.96. The van der Waals surface area contributed by atoms with E-state index in [1.807, 2.05) is 20.2 Å². The number of carbonyl (C=O) groups is 2. The summed E-state index contributed by atoms with van der Waals surface area (Å²) < 4.78 is 8.17. The van der Waals surface area contributed by atoms with Gasteiger partial charge in [-0.05, 0) is 19.4 Å². The van der Waals surface area contributed by atoms with Crippen LogP contribution in [0.4, 0.5) is 5.82 Å². The van der Waals surface area contributed by atoms with Gasteiger partial charge in [-0.3, -0.25) is 14.3 Å². The van der Waals surface area contributed by atoms with Crippen LogP contribution < -0.4 is 5.32 Å². The summed E-state index contributed by atoms with van der Waals surface area (Å²) in [7, 11) is 1.84. The second-order valence-electron chi connectivity index (χ2n) is 5.56. The van der Waals surface area contributed by atoms with Gasteiger partial charge in [0.2, 0.25) is 5.91 Å². The van der Waals surface area contributed by atoms with Gasteiger partial charge in [-0.15, -0.1) is 0 Å². The molecule has 0 saturated heterocycles. The third-order valence-corrected chi connectivity index (χ3v) is 3.88. The molecule has 0 bridgehead atoms. The van der Waals surface area contributed by atoms with Crippen molar-refractivity contribution in [2.75, 3.05) is 11.9 Å². The highest BCUT2D eigenvalue weighted by molar-refractivity contribution is 5.94. The molecule has 0 saturated carbocycles. The highest BCUT2D eigenvalue weighted by Crippen LogP contribution is 2.38. The molecule has 0 aromatic carbocycles. The van der Waals surface area contributed by atoms with Crippen LogP contribution in [0.25, 0.3) is 0 Å². The van der Waals surface area contributed by atoms with Gasteiger partial charge >= 0.3 is 5.97 Å². The Hall–Kier alpha value is -2.64. The van der Waals surface area contributed by atoms with E-state index in [2.05, 4.69) is 15.5 Å². The fourth-order valence-electron chi connectivity index (χ4n) is 2.96. The first kappa shape index (κ1) is 15.3. The van der Waals surface area contributed by atoms with Gasteiger partial charge in [-0.25, -0.2) is 4.68 Å². The van der Waals surface area contributed by atoms with Crippen LogP contribution in [-0.2, 0) is 27.9 Å². The smallest absolute Gasteiger partial charge is 0.327 e. The molecule has 2 aromatic heterocycles. The van der Waals surface area contributed by atoms with Crippen LogP contribution >= 0.6 is 0 Å².